The van der Waals surface area contributed by atoms with Crippen molar-refractivity contribution < 1.29 is 9.63 Å². The molecule has 2 N–H and O–H groups in total. The van der Waals surface area contributed by atoms with Gasteiger partial charge in [0.1, 0.15) is 0 Å². The highest BCUT2D eigenvalue weighted by Crippen LogP contribution is 2.18. The van der Waals surface area contributed by atoms with Gasteiger partial charge in [-0.15, -0.1) is 6.58 Å². The summed E-state index contributed by atoms with van der Waals surface area (Å²) in [6.45, 7) is 7.97. The Hall–Kier alpha value is -1.81. The summed E-state index contributed by atoms with van der Waals surface area (Å²) in [4.78, 5) is 16.2. The van der Waals surface area contributed by atoms with Crippen LogP contribution in [0.1, 0.15) is 11.1 Å². The standard InChI is InChI=1S/C13H18N2O2/c1-4-8-17-15-12(16)9-14-13-10(2)6-5-7-11(13)3/h4-7,14H,1,8-9H2,2-3H3,(H,15,16). The van der Waals surface area contributed by atoms with E-state index in [2.05, 4.69) is 17.4 Å². The van der Waals surface area contributed by atoms with Crippen LogP contribution in [-0.2, 0) is 9.63 Å². The van der Waals surface area contributed by atoms with Crippen LogP contribution in [-0.4, -0.2) is 19.1 Å². The van der Waals surface area contributed by atoms with Gasteiger partial charge in [0.25, 0.3) is 5.91 Å². The van der Waals surface area contributed by atoms with Gasteiger partial charge in [0.2, 0.25) is 0 Å². The maximum Gasteiger partial charge on any atom is 0.262 e. The fraction of sp³-hybridized carbons (Fsp3) is 0.308. The van der Waals surface area contributed by atoms with E-state index in [1.165, 1.54) is 0 Å². The van der Waals surface area contributed by atoms with Gasteiger partial charge in [-0.25, -0.2) is 5.48 Å². The third kappa shape index (κ3) is 4.28. The zero-order valence-electron chi connectivity index (χ0n) is 10.2. The third-order valence-electron chi connectivity index (χ3n) is 2.29. The van der Waals surface area contributed by atoms with Crippen LogP contribution in [0, 0.1) is 13.8 Å². The van der Waals surface area contributed by atoms with Gasteiger partial charge in [-0.1, -0.05) is 24.3 Å². The van der Waals surface area contributed by atoms with E-state index in [9.17, 15) is 4.79 Å². The molecule has 0 fully saturated rings. The lowest BCUT2D eigenvalue weighted by molar-refractivity contribution is -0.130. The molecule has 1 amide bonds. The first-order valence-corrected chi connectivity index (χ1v) is 5.46. The Morgan fingerprint density at radius 1 is 1.41 bits per heavy atom. The van der Waals surface area contributed by atoms with Crippen molar-refractivity contribution in [2.45, 2.75) is 13.8 Å². The predicted octanol–water partition coefficient (Wildman–Crippen LogP) is 1.95. The second-order valence-corrected chi connectivity index (χ2v) is 3.75. The average molecular weight is 234 g/mol. The number of benzene rings is 1. The second kappa shape index (κ2) is 6.70. The molecule has 1 rings (SSSR count). The number of nitrogens with one attached hydrogen (secondary N) is 2. The summed E-state index contributed by atoms with van der Waals surface area (Å²) >= 11 is 0. The smallest absolute Gasteiger partial charge is 0.262 e. The molecule has 1 aromatic rings. The number of carbonyl (C=O) groups excluding carboxylic acids is 1. The minimum absolute atomic E-state index is 0.183. The Morgan fingerprint density at radius 2 is 2.06 bits per heavy atom. The lowest BCUT2D eigenvalue weighted by Crippen LogP contribution is -2.30. The van der Waals surface area contributed by atoms with Crippen LogP contribution in [0.4, 0.5) is 5.69 Å². The molecule has 0 saturated carbocycles. The van der Waals surface area contributed by atoms with Crippen LogP contribution < -0.4 is 10.8 Å². The minimum Gasteiger partial charge on any atom is -0.376 e. The van der Waals surface area contributed by atoms with Crippen molar-refractivity contribution in [3.05, 3.63) is 42.0 Å². The van der Waals surface area contributed by atoms with Crippen molar-refractivity contribution in [3.63, 3.8) is 0 Å². The molecule has 0 aromatic heterocycles. The number of anilines is 1. The molecule has 0 heterocycles. The molecule has 17 heavy (non-hydrogen) atoms. The number of rotatable bonds is 6. The van der Waals surface area contributed by atoms with Crippen molar-refractivity contribution >= 4 is 11.6 Å². The first-order valence-electron chi connectivity index (χ1n) is 5.46. The SMILES string of the molecule is C=CCONC(=O)CNc1c(C)cccc1C. The van der Waals surface area contributed by atoms with E-state index in [0.29, 0.717) is 6.61 Å². The van der Waals surface area contributed by atoms with E-state index in [1.54, 1.807) is 6.08 Å². The largest absolute Gasteiger partial charge is 0.376 e. The maximum atomic E-state index is 11.4. The monoisotopic (exact) mass is 234 g/mol. The van der Waals surface area contributed by atoms with Crippen molar-refractivity contribution in [3.8, 4) is 0 Å². The quantitative estimate of drug-likeness (QED) is 0.449. The van der Waals surface area contributed by atoms with E-state index in [1.807, 2.05) is 32.0 Å². The van der Waals surface area contributed by atoms with Crippen LogP contribution >= 0.6 is 0 Å². The summed E-state index contributed by atoms with van der Waals surface area (Å²) in [5, 5.41) is 3.09. The van der Waals surface area contributed by atoms with Crippen molar-refractivity contribution in [1.82, 2.24) is 5.48 Å². The Kier molecular flexibility index (Phi) is 5.23. The van der Waals surface area contributed by atoms with Gasteiger partial charge in [0.15, 0.2) is 0 Å². The van der Waals surface area contributed by atoms with Crippen LogP contribution in [0.3, 0.4) is 0 Å². The molecule has 92 valence electrons. The normalized spacial score (nSPS) is 9.76. The highest BCUT2D eigenvalue weighted by molar-refractivity contribution is 5.80. The number of para-hydroxylation sites is 1. The topological polar surface area (TPSA) is 50.4 Å². The molecule has 0 radical (unpaired) electrons. The molecule has 0 unspecified atom stereocenters. The molecule has 0 spiro atoms. The van der Waals surface area contributed by atoms with E-state index in [0.717, 1.165) is 16.8 Å². The fourth-order valence-electron chi connectivity index (χ4n) is 1.48. The summed E-state index contributed by atoms with van der Waals surface area (Å²) in [5.74, 6) is -0.213. The summed E-state index contributed by atoms with van der Waals surface area (Å²) in [5.41, 5.74) is 5.54. The molecule has 0 bridgehead atoms. The van der Waals surface area contributed by atoms with E-state index >= 15 is 0 Å². The Bertz CT molecular complexity index is 382. The second-order valence-electron chi connectivity index (χ2n) is 3.75. The van der Waals surface area contributed by atoms with Crippen LogP contribution in [0.25, 0.3) is 0 Å². The number of hydroxylamine groups is 1. The van der Waals surface area contributed by atoms with Crippen LogP contribution in [0.5, 0.6) is 0 Å². The zero-order chi connectivity index (χ0) is 12.7. The third-order valence-corrected chi connectivity index (χ3v) is 2.29. The number of carbonyl (C=O) groups is 1. The van der Waals surface area contributed by atoms with E-state index in [-0.39, 0.29) is 12.5 Å². The van der Waals surface area contributed by atoms with Crippen molar-refractivity contribution in [2.75, 3.05) is 18.5 Å². The van der Waals surface area contributed by atoms with Gasteiger partial charge in [0.05, 0.1) is 13.2 Å². The van der Waals surface area contributed by atoms with Gasteiger partial charge in [-0.05, 0) is 25.0 Å². The Balaban J connectivity index is 2.44. The van der Waals surface area contributed by atoms with Gasteiger partial charge in [-0.3, -0.25) is 9.63 Å². The summed E-state index contributed by atoms with van der Waals surface area (Å²) in [6.07, 6.45) is 1.57. The minimum atomic E-state index is -0.213. The van der Waals surface area contributed by atoms with Gasteiger partial charge < -0.3 is 5.32 Å². The lowest BCUT2D eigenvalue weighted by Gasteiger charge is -2.12. The van der Waals surface area contributed by atoms with Gasteiger partial charge in [0, 0.05) is 5.69 Å². The van der Waals surface area contributed by atoms with E-state index in [4.69, 9.17) is 4.84 Å². The molecule has 4 heteroatoms. The highest BCUT2D eigenvalue weighted by atomic mass is 16.6. The van der Waals surface area contributed by atoms with E-state index < -0.39 is 0 Å². The van der Waals surface area contributed by atoms with Crippen LogP contribution in [0.15, 0.2) is 30.9 Å². The number of amides is 1. The molecular weight excluding hydrogens is 216 g/mol. The summed E-state index contributed by atoms with van der Waals surface area (Å²) in [6, 6.07) is 5.99. The maximum absolute atomic E-state index is 11.4. The molecular formula is C13H18N2O2. The molecule has 1 aromatic carbocycles. The summed E-state index contributed by atoms with van der Waals surface area (Å²) in [7, 11) is 0. The molecule has 0 aliphatic heterocycles. The molecule has 0 aliphatic carbocycles. The van der Waals surface area contributed by atoms with Gasteiger partial charge >= 0.3 is 0 Å². The first-order chi connectivity index (χ1) is 8.15. The Morgan fingerprint density at radius 3 is 2.65 bits per heavy atom. The Labute approximate surface area is 102 Å². The number of aryl methyl sites for hydroxylation is 2. The number of hydrogen-bond donors (Lipinski definition) is 2. The first kappa shape index (κ1) is 13.3. The van der Waals surface area contributed by atoms with Crippen molar-refractivity contribution in [2.24, 2.45) is 0 Å². The highest BCUT2D eigenvalue weighted by Gasteiger charge is 2.04. The molecule has 0 saturated heterocycles. The molecule has 0 aliphatic rings. The zero-order valence-corrected chi connectivity index (χ0v) is 10.2. The van der Waals surface area contributed by atoms with Crippen molar-refractivity contribution in [1.29, 1.82) is 0 Å². The average Bonchev–Trinajstić information content (AvgIpc) is 2.29. The number of hydrogen-bond acceptors (Lipinski definition) is 3. The molecule has 0 atom stereocenters. The lowest BCUT2D eigenvalue weighted by atomic mass is 10.1. The predicted molar refractivity (Wildman–Crippen MR) is 68.7 cm³/mol. The summed E-state index contributed by atoms with van der Waals surface area (Å²) < 4.78 is 0. The fourth-order valence-corrected chi connectivity index (χ4v) is 1.48. The van der Waals surface area contributed by atoms with Gasteiger partial charge in [-0.2, -0.15) is 0 Å². The van der Waals surface area contributed by atoms with Crippen LogP contribution in [0.2, 0.25) is 0 Å². The molecule has 4 nitrogen and oxygen atoms in total.